The first-order chi connectivity index (χ1) is 5.04. The molecule has 0 aliphatic heterocycles. The van der Waals surface area contributed by atoms with E-state index in [4.69, 9.17) is 5.73 Å². The number of amides is 1. The standard InChI is InChI=1S/C5H8N2O3S/c1-4(7(9)10)11-3-2-5(6)8/h2-4H,1H3,(H2,6,8)/b3-2+. The number of thioether (sulfide) groups is 1. The zero-order valence-corrected chi connectivity index (χ0v) is 6.71. The summed E-state index contributed by atoms with van der Waals surface area (Å²) in [7, 11) is 0. The Kier molecular flexibility index (Phi) is 4.28. The van der Waals surface area contributed by atoms with Crippen LogP contribution in [0.1, 0.15) is 6.92 Å². The fourth-order valence-corrected chi connectivity index (χ4v) is 0.809. The number of nitrogens with two attached hydrogens (primary N) is 1. The van der Waals surface area contributed by atoms with E-state index in [1.54, 1.807) is 0 Å². The van der Waals surface area contributed by atoms with Crippen LogP contribution >= 0.6 is 11.8 Å². The van der Waals surface area contributed by atoms with Gasteiger partial charge in [-0.05, 0) is 5.41 Å². The zero-order valence-electron chi connectivity index (χ0n) is 5.89. The lowest BCUT2D eigenvalue weighted by Gasteiger charge is -1.96. The Labute approximate surface area is 67.8 Å². The van der Waals surface area contributed by atoms with Crippen molar-refractivity contribution in [1.29, 1.82) is 0 Å². The molecule has 5 nitrogen and oxygen atoms in total. The number of hydrogen-bond acceptors (Lipinski definition) is 4. The molecule has 0 saturated heterocycles. The molecule has 62 valence electrons. The highest BCUT2D eigenvalue weighted by Crippen LogP contribution is 2.11. The second-order valence-electron chi connectivity index (χ2n) is 1.73. The van der Waals surface area contributed by atoms with Crippen molar-refractivity contribution in [3.8, 4) is 0 Å². The third kappa shape index (κ3) is 5.41. The molecule has 0 aliphatic carbocycles. The van der Waals surface area contributed by atoms with Gasteiger partial charge in [0.15, 0.2) is 0 Å². The first-order valence-corrected chi connectivity index (χ1v) is 3.73. The van der Waals surface area contributed by atoms with E-state index in [1.807, 2.05) is 0 Å². The smallest absolute Gasteiger partial charge is 0.259 e. The lowest BCUT2D eigenvalue weighted by atomic mass is 10.6. The first-order valence-electron chi connectivity index (χ1n) is 2.79. The highest BCUT2D eigenvalue weighted by molar-refractivity contribution is 8.02. The van der Waals surface area contributed by atoms with Crippen LogP contribution in [-0.4, -0.2) is 16.2 Å². The van der Waals surface area contributed by atoms with Crippen LogP contribution in [0.5, 0.6) is 0 Å². The van der Waals surface area contributed by atoms with Gasteiger partial charge >= 0.3 is 0 Å². The normalized spacial score (nSPS) is 13.2. The van der Waals surface area contributed by atoms with Crippen molar-refractivity contribution >= 4 is 17.7 Å². The molecule has 0 aromatic heterocycles. The van der Waals surface area contributed by atoms with Crippen LogP contribution in [-0.2, 0) is 4.79 Å². The van der Waals surface area contributed by atoms with E-state index in [-0.39, 0.29) is 0 Å². The predicted octanol–water partition coefficient (Wildman–Crippen LogP) is 0.341. The zero-order chi connectivity index (χ0) is 8.85. The largest absolute Gasteiger partial charge is 0.366 e. The van der Waals surface area contributed by atoms with E-state index in [0.29, 0.717) is 0 Å². The van der Waals surface area contributed by atoms with Gasteiger partial charge in [-0.3, -0.25) is 14.9 Å². The van der Waals surface area contributed by atoms with Crippen LogP contribution in [0.15, 0.2) is 11.5 Å². The molecule has 0 saturated carbocycles. The molecule has 0 spiro atoms. The van der Waals surface area contributed by atoms with Crippen molar-refractivity contribution in [2.75, 3.05) is 0 Å². The second kappa shape index (κ2) is 4.73. The van der Waals surface area contributed by atoms with Gasteiger partial charge in [0.1, 0.15) is 0 Å². The number of carbonyl (C=O) groups excluding carboxylic acids is 1. The highest BCUT2D eigenvalue weighted by Gasteiger charge is 2.09. The van der Waals surface area contributed by atoms with E-state index in [0.717, 1.165) is 17.8 Å². The summed E-state index contributed by atoms with van der Waals surface area (Å²) >= 11 is 0.932. The monoisotopic (exact) mass is 176 g/mol. The van der Waals surface area contributed by atoms with Crippen molar-refractivity contribution in [3.05, 3.63) is 21.6 Å². The third-order valence-electron chi connectivity index (χ3n) is 0.805. The quantitative estimate of drug-likeness (QED) is 0.289. The van der Waals surface area contributed by atoms with Crippen molar-refractivity contribution in [2.24, 2.45) is 5.73 Å². The lowest BCUT2D eigenvalue weighted by Crippen LogP contribution is -2.09. The number of nitro groups is 1. The minimum atomic E-state index is -0.745. The molecule has 0 bridgehead atoms. The Morgan fingerprint density at radius 1 is 1.82 bits per heavy atom. The van der Waals surface area contributed by atoms with Gasteiger partial charge in [0.2, 0.25) is 5.91 Å². The van der Waals surface area contributed by atoms with Crippen molar-refractivity contribution < 1.29 is 9.72 Å². The Morgan fingerprint density at radius 3 is 2.73 bits per heavy atom. The molecule has 6 heteroatoms. The van der Waals surface area contributed by atoms with E-state index in [2.05, 4.69) is 0 Å². The Hall–Kier alpha value is -1.04. The molecule has 0 aromatic rings. The maximum Gasteiger partial charge on any atom is 0.259 e. The molecule has 0 rings (SSSR count). The van der Waals surface area contributed by atoms with Gasteiger partial charge in [0.25, 0.3) is 5.37 Å². The minimum absolute atomic E-state index is 0.448. The maximum atomic E-state index is 10.1. The summed E-state index contributed by atoms with van der Waals surface area (Å²) in [5.74, 6) is -0.604. The molecule has 1 amide bonds. The first kappa shape index (κ1) is 9.96. The molecule has 1 atom stereocenters. The molecule has 1 unspecified atom stereocenters. The fraction of sp³-hybridized carbons (Fsp3) is 0.400. The van der Waals surface area contributed by atoms with Crippen LogP contribution in [0.25, 0.3) is 0 Å². The van der Waals surface area contributed by atoms with Gasteiger partial charge in [-0.25, -0.2) is 0 Å². The van der Waals surface area contributed by atoms with Crippen molar-refractivity contribution in [1.82, 2.24) is 0 Å². The Bertz CT molecular complexity index is 192. The van der Waals surface area contributed by atoms with Gasteiger partial charge in [-0.1, -0.05) is 11.8 Å². The van der Waals surface area contributed by atoms with Crippen LogP contribution in [0, 0.1) is 10.1 Å². The number of rotatable bonds is 4. The summed E-state index contributed by atoms with van der Waals surface area (Å²) in [5.41, 5.74) is 4.75. The van der Waals surface area contributed by atoms with Gasteiger partial charge in [-0.15, -0.1) is 0 Å². The average Bonchev–Trinajstić information content (AvgIpc) is 1.86. The number of nitrogens with zero attached hydrogens (tertiary/aromatic N) is 1. The van der Waals surface area contributed by atoms with Gasteiger partial charge < -0.3 is 5.73 Å². The molecule has 11 heavy (non-hydrogen) atoms. The van der Waals surface area contributed by atoms with Gasteiger partial charge in [0, 0.05) is 17.9 Å². The topological polar surface area (TPSA) is 86.2 Å². The minimum Gasteiger partial charge on any atom is -0.366 e. The van der Waals surface area contributed by atoms with E-state index >= 15 is 0 Å². The molecular weight excluding hydrogens is 168 g/mol. The Balaban J connectivity index is 3.70. The number of primary amides is 1. The number of hydrogen-bond donors (Lipinski definition) is 1. The second-order valence-corrected chi connectivity index (χ2v) is 2.95. The fourth-order valence-electron chi connectivity index (χ4n) is 0.270. The molecule has 0 heterocycles. The van der Waals surface area contributed by atoms with Crippen LogP contribution in [0.3, 0.4) is 0 Å². The number of carbonyl (C=O) groups is 1. The molecule has 0 aliphatic rings. The summed E-state index contributed by atoms with van der Waals surface area (Å²) in [6.07, 6.45) is 1.09. The van der Waals surface area contributed by atoms with E-state index < -0.39 is 16.2 Å². The molecular formula is C5H8N2O3S. The van der Waals surface area contributed by atoms with E-state index in [1.165, 1.54) is 12.3 Å². The lowest BCUT2D eigenvalue weighted by molar-refractivity contribution is -0.490. The van der Waals surface area contributed by atoms with E-state index in [9.17, 15) is 14.9 Å². The third-order valence-corrected chi connectivity index (χ3v) is 1.66. The summed E-state index contributed by atoms with van der Waals surface area (Å²) in [4.78, 5) is 19.7. The van der Waals surface area contributed by atoms with Crippen molar-refractivity contribution in [3.63, 3.8) is 0 Å². The molecule has 2 N–H and O–H groups in total. The van der Waals surface area contributed by atoms with Crippen molar-refractivity contribution in [2.45, 2.75) is 12.3 Å². The Morgan fingerprint density at radius 2 is 2.36 bits per heavy atom. The van der Waals surface area contributed by atoms with Gasteiger partial charge in [0.05, 0.1) is 0 Å². The van der Waals surface area contributed by atoms with Gasteiger partial charge in [-0.2, -0.15) is 0 Å². The maximum absolute atomic E-state index is 10.1. The summed E-state index contributed by atoms with van der Waals surface area (Å²) < 4.78 is 0. The van der Waals surface area contributed by atoms with Crippen LogP contribution in [0.2, 0.25) is 0 Å². The summed E-state index contributed by atoms with van der Waals surface area (Å²) in [5, 5.41) is 10.6. The average molecular weight is 176 g/mol. The predicted molar refractivity (Wildman–Crippen MR) is 42.4 cm³/mol. The summed E-state index contributed by atoms with van der Waals surface area (Å²) in [6.45, 7) is 1.43. The van der Waals surface area contributed by atoms with Crippen LogP contribution in [0.4, 0.5) is 0 Å². The molecule has 0 aromatic carbocycles. The molecule has 0 radical (unpaired) electrons. The summed E-state index contributed by atoms with van der Waals surface area (Å²) in [6, 6.07) is 0. The SMILES string of the molecule is CC(S/C=C/C(N)=O)[N+](=O)[O-]. The highest BCUT2D eigenvalue weighted by atomic mass is 32.2. The van der Waals surface area contributed by atoms with Crippen LogP contribution < -0.4 is 5.73 Å². The molecule has 0 fully saturated rings.